The maximum Gasteiger partial charge on any atom is 0.253 e. The lowest BCUT2D eigenvalue weighted by Crippen LogP contribution is -2.28. The molecule has 1 fully saturated rings. The molecule has 0 spiro atoms. The van der Waals surface area contributed by atoms with E-state index < -0.39 is 0 Å². The Labute approximate surface area is 158 Å². The molecule has 0 bridgehead atoms. The van der Waals surface area contributed by atoms with Crippen LogP contribution in [0.5, 0.6) is 0 Å². The molecule has 1 aliphatic heterocycles. The summed E-state index contributed by atoms with van der Waals surface area (Å²) >= 11 is 0. The van der Waals surface area contributed by atoms with Gasteiger partial charge in [0.2, 0.25) is 0 Å². The van der Waals surface area contributed by atoms with Crippen molar-refractivity contribution in [3.05, 3.63) is 59.7 Å². The van der Waals surface area contributed by atoms with E-state index in [-0.39, 0.29) is 17.9 Å². The zero-order valence-corrected chi connectivity index (χ0v) is 15.5. The average Bonchev–Trinajstić information content (AvgIpc) is 3.32. The summed E-state index contributed by atoms with van der Waals surface area (Å²) in [4.78, 5) is 23.8. The summed E-state index contributed by atoms with van der Waals surface area (Å²) < 4.78 is 2.24. The lowest BCUT2D eigenvalue weighted by atomic mass is 10.1. The smallest absolute Gasteiger partial charge is 0.253 e. The number of hydrogen-bond donors (Lipinski definition) is 0. The molecule has 6 heteroatoms. The second-order valence-electron chi connectivity index (χ2n) is 7.22. The Morgan fingerprint density at radius 1 is 1.26 bits per heavy atom. The van der Waals surface area contributed by atoms with Gasteiger partial charge in [0.05, 0.1) is 28.9 Å². The molecule has 27 heavy (non-hydrogen) atoms. The Morgan fingerprint density at radius 2 is 2.04 bits per heavy atom. The number of pyridine rings is 1. The van der Waals surface area contributed by atoms with Crippen molar-refractivity contribution in [2.24, 2.45) is 0 Å². The second-order valence-corrected chi connectivity index (χ2v) is 7.22. The van der Waals surface area contributed by atoms with Crippen molar-refractivity contribution in [3.8, 4) is 6.07 Å². The molecular weight excluding hydrogens is 338 g/mol. The fourth-order valence-electron chi connectivity index (χ4n) is 3.82. The summed E-state index contributed by atoms with van der Waals surface area (Å²) in [6, 6.07) is 11.1. The number of fused-ring (bicyclic) bond motifs is 1. The highest BCUT2D eigenvalue weighted by molar-refractivity contribution is 5.94. The van der Waals surface area contributed by atoms with Crippen molar-refractivity contribution < 1.29 is 4.79 Å². The first-order valence-corrected chi connectivity index (χ1v) is 9.19. The molecule has 0 aliphatic carbocycles. The van der Waals surface area contributed by atoms with E-state index in [1.807, 2.05) is 17.2 Å². The minimum atomic E-state index is 0.0101. The minimum absolute atomic E-state index is 0.0101. The molecule has 1 aromatic carbocycles. The predicted octanol–water partition coefficient (Wildman–Crippen LogP) is 3.51. The molecule has 4 rings (SSSR count). The molecule has 0 N–H and O–H groups in total. The molecule has 3 heterocycles. The number of hydrogen-bond acceptors (Lipinski definition) is 4. The van der Waals surface area contributed by atoms with E-state index in [0.717, 1.165) is 23.3 Å². The van der Waals surface area contributed by atoms with Crippen LogP contribution in [0.1, 0.15) is 54.0 Å². The Kier molecular flexibility index (Phi) is 4.36. The maximum absolute atomic E-state index is 12.8. The van der Waals surface area contributed by atoms with Gasteiger partial charge in [0.25, 0.3) is 5.91 Å². The van der Waals surface area contributed by atoms with E-state index in [1.54, 1.807) is 30.5 Å². The van der Waals surface area contributed by atoms with Crippen LogP contribution in [0, 0.1) is 11.3 Å². The number of rotatable bonds is 3. The quantitative estimate of drug-likeness (QED) is 0.717. The number of aromatic nitrogens is 3. The summed E-state index contributed by atoms with van der Waals surface area (Å²) in [5.41, 5.74) is 3.17. The zero-order chi connectivity index (χ0) is 19.0. The highest BCUT2D eigenvalue weighted by Crippen LogP contribution is 2.32. The van der Waals surface area contributed by atoms with Crippen molar-refractivity contribution in [3.63, 3.8) is 0 Å². The molecule has 6 nitrogen and oxygen atoms in total. The number of carbonyl (C=O) groups is 1. The average molecular weight is 359 g/mol. The Morgan fingerprint density at radius 3 is 2.74 bits per heavy atom. The van der Waals surface area contributed by atoms with Gasteiger partial charge >= 0.3 is 0 Å². The first-order valence-electron chi connectivity index (χ1n) is 9.19. The van der Waals surface area contributed by atoms with Crippen LogP contribution in [0.15, 0.2) is 42.7 Å². The third-order valence-electron chi connectivity index (χ3n) is 5.14. The Bertz CT molecular complexity index is 1030. The van der Waals surface area contributed by atoms with Crippen molar-refractivity contribution in [2.75, 3.05) is 13.1 Å². The predicted molar refractivity (Wildman–Crippen MR) is 102 cm³/mol. The second kappa shape index (κ2) is 6.84. The lowest BCUT2D eigenvalue weighted by molar-refractivity contribution is 0.0790. The molecule has 1 aliphatic rings. The van der Waals surface area contributed by atoms with Crippen molar-refractivity contribution in [1.29, 1.82) is 5.26 Å². The molecule has 0 saturated carbocycles. The van der Waals surface area contributed by atoms with Gasteiger partial charge in [-0.25, -0.2) is 4.98 Å². The van der Waals surface area contributed by atoms with Crippen LogP contribution in [0.3, 0.4) is 0 Å². The summed E-state index contributed by atoms with van der Waals surface area (Å²) in [6.07, 6.45) is 4.52. The lowest BCUT2D eigenvalue weighted by Gasteiger charge is -2.19. The monoisotopic (exact) mass is 359 g/mol. The molecule has 1 amide bonds. The van der Waals surface area contributed by atoms with Crippen LogP contribution in [0.4, 0.5) is 0 Å². The molecular formula is C21H21N5O. The fourth-order valence-corrected chi connectivity index (χ4v) is 3.82. The van der Waals surface area contributed by atoms with Gasteiger partial charge in [-0.3, -0.25) is 9.78 Å². The Hall–Kier alpha value is -3.20. The normalized spacial score (nSPS) is 16.8. The number of carbonyl (C=O) groups excluding carboxylic acids is 1. The van der Waals surface area contributed by atoms with E-state index in [4.69, 9.17) is 10.2 Å². The topological polar surface area (TPSA) is 74.8 Å². The van der Waals surface area contributed by atoms with Crippen LogP contribution in [-0.2, 0) is 0 Å². The van der Waals surface area contributed by atoms with Gasteiger partial charge in [-0.05, 0) is 50.6 Å². The standard InChI is InChI=1S/C21H21N5O/c1-14(2)26-19-12-23-9-7-18(19)24-20(26)17-8-10-25(13-17)21(27)16-5-3-15(11-22)4-6-16/h3-7,9,12,14,17H,8,10,13H2,1-2H3. The zero-order valence-electron chi connectivity index (χ0n) is 15.5. The number of nitriles is 1. The van der Waals surface area contributed by atoms with Crippen LogP contribution in [-0.4, -0.2) is 38.4 Å². The summed E-state index contributed by atoms with van der Waals surface area (Å²) in [6.45, 7) is 5.66. The summed E-state index contributed by atoms with van der Waals surface area (Å²) in [7, 11) is 0. The molecule has 136 valence electrons. The first kappa shape index (κ1) is 17.2. The Balaban J connectivity index is 1.59. The number of amides is 1. The number of nitrogens with zero attached hydrogens (tertiary/aromatic N) is 5. The van der Waals surface area contributed by atoms with E-state index in [0.29, 0.717) is 24.2 Å². The number of likely N-dealkylation sites (tertiary alicyclic amines) is 1. The minimum Gasteiger partial charge on any atom is -0.338 e. The van der Waals surface area contributed by atoms with Gasteiger partial charge in [-0.15, -0.1) is 0 Å². The van der Waals surface area contributed by atoms with Crippen molar-refractivity contribution >= 4 is 16.9 Å². The SMILES string of the molecule is CC(C)n1c(C2CCN(C(=O)c3ccc(C#N)cc3)C2)nc2ccncc21. The van der Waals surface area contributed by atoms with Crippen LogP contribution in [0.2, 0.25) is 0 Å². The van der Waals surface area contributed by atoms with E-state index in [9.17, 15) is 4.79 Å². The van der Waals surface area contributed by atoms with E-state index in [2.05, 4.69) is 29.5 Å². The molecule has 1 unspecified atom stereocenters. The highest BCUT2D eigenvalue weighted by atomic mass is 16.2. The van der Waals surface area contributed by atoms with Crippen molar-refractivity contribution in [1.82, 2.24) is 19.4 Å². The largest absolute Gasteiger partial charge is 0.338 e. The van der Waals surface area contributed by atoms with Crippen LogP contribution < -0.4 is 0 Å². The molecule has 3 aromatic rings. The third-order valence-corrected chi connectivity index (χ3v) is 5.14. The molecule has 2 aromatic heterocycles. The molecule has 1 saturated heterocycles. The third kappa shape index (κ3) is 3.06. The molecule has 0 radical (unpaired) electrons. The summed E-state index contributed by atoms with van der Waals surface area (Å²) in [5.74, 6) is 1.25. The van der Waals surface area contributed by atoms with Crippen LogP contribution in [0.25, 0.3) is 11.0 Å². The van der Waals surface area contributed by atoms with Gasteiger partial charge < -0.3 is 9.47 Å². The van der Waals surface area contributed by atoms with Crippen LogP contribution >= 0.6 is 0 Å². The van der Waals surface area contributed by atoms with Gasteiger partial charge in [0, 0.05) is 36.8 Å². The molecule has 1 atom stereocenters. The van der Waals surface area contributed by atoms with Gasteiger partial charge in [-0.1, -0.05) is 0 Å². The maximum atomic E-state index is 12.8. The van der Waals surface area contributed by atoms with Gasteiger partial charge in [0.15, 0.2) is 0 Å². The number of benzene rings is 1. The van der Waals surface area contributed by atoms with E-state index >= 15 is 0 Å². The summed E-state index contributed by atoms with van der Waals surface area (Å²) in [5, 5.41) is 8.91. The fraction of sp³-hybridized carbons (Fsp3) is 0.333. The first-order chi connectivity index (χ1) is 13.1. The van der Waals surface area contributed by atoms with Gasteiger partial charge in [-0.2, -0.15) is 5.26 Å². The van der Waals surface area contributed by atoms with E-state index in [1.165, 1.54) is 0 Å². The number of imidazole rings is 1. The van der Waals surface area contributed by atoms with Gasteiger partial charge in [0.1, 0.15) is 5.82 Å². The highest BCUT2D eigenvalue weighted by Gasteiger charge is 2.32. The van der Waals surface area contributed by atoms with Crippen molar-refractivity contribution in [2.45, 2.75) is 32.2 Å².